The number of carbonyl (C=O) groups excluding carboxylic acids is 1. The van der Waals surface area contributed by atoms with Crippen LogP contribution in [0.1, 0.15) is 15.9 Å². The fraction of sp³-hybridized carbons (Fsp3) is 0.167. The molecule has 11 heteroatoms. The minimum atomic E-state index is -3.67. The number of rotatable bonds is 8. The third-order valence-electron chi connectivity index (χ3n) is 4.04. The summed E-state index contributed by atoms with van der Waals surface area (Å²) >= 11 is 0. The summed E-state index contributed by atoms with van der Waals surface area (Å²) in [4.78, 5) is 11.3. The lowest BCUT2D eigenvalue weighted by Crippen LogP contribution is -2.27. The van der Waals surface area contributed by atoms with Crippen molar-refractivity contribution in [2.24, 2.45) is 0 Å². The second-order valence-corrected chi connectivity index (χ2v) is 7.85. The average molecular weight is 417 g/mol. The molecule has 152 valence electrons. The number of carbonyl (C=O) groups is 1. The fourth-order valence-corrected chi connectivity index (χ4v) is 3.46. The van der Waals surface area contributed by atoms with E-state index in [0.717, 1.165) is 5.56 Å². The first-order valence-electron chi connectivity index (χ1n) is 8.45. The normalized spacial score (nSPS) is 11.2. The number of nitrogens with zero attached hydrogens (tertiary/aromatic N) is 3. The van der Waals surface area contributed by atoms with Crippen LogP contribution in [0.3, 0.4) is 0 Å². The van der Waals surface area contributed by atoms with Crippen LogP contribution in [0.2, 0.25) is 0 Å². The van der Waals surface area contributed by atoms with Crippen molar-refractivity contribution in [3.63, 3.8) is 0 Å². The third-order valence-corrected chi connectivity index (χ3v) is 5.23. The number of hydrogen-bond acceptors (Lipinski definition) is 7. The molecule has 0 radical (unpaired) electrons. The standard InChI is InChI=1S/C18H19N5O5S/c1-28-16-8-6-14(7-9-16)17-11-23(22-20-17)12-29(26,27)19-10-13-2-4-15(5-3-13)18(24)21-25/h2-9,11,19,25H,10,12H2,1H3,(H,21,24). The zero-order valence-electron chi connectivity index (χ0n) is 15.4. The van der Waals surface area contributed by atoms with Gasteiger partial charge in [-0.05, 0) is 42.0 Å². The molecule has 10 nitrogen and oxygen atoms in total. The van der Waals surface area contributed by atoms with Gasteiger partial charge in [-0.3, -0.25) is 10.0 Å². The summed E-state index contributed by atoms with van der Waals surface area (Å²) in [5, 5.41) is 16.5. The van der Waals surface area contributed by atoms with Crippen molar-refractivity contribution < 1.29 is 23.2 Å². The van der Waals surface area contributed by atoms with Crippen LogP contribution in [0.15, 0.2) is 54.7 Å². The molecule has 0 aliphatic heterocycles. The Kier molecular flexibility index (Phi) is 6.22. The van der Waals surface area contributed by atoms with Crippen molar-refractivity contribution in [3.05, 3.63) is 65.9 Å². The predicted molar refractivity (Wildman–Crippen MR) is 103 cm³/mol. The van der Waals surface area contributed by atoms with Crippen LogP contribution >= 0.6 is 0 Å². The molecule has 3 rings (SSSR count). The van der Waals surface area contributed by atoms with E-state index in [9.17, 15) is 13.2 Å². The Bertz CT molecular complexity index is 1080. The third kappa shape index (κ3) is 5.38. The van der Waals surface area contributed by atoms with E-state index in [-0.39, 0.29) is 18.0 Å². The summed E-state index contributed by atoms with van der Waals surface area (Å²) in [5.74, 6) is -0.324. The Morgan fingerprint density at radius 1 is 1.14 bits per heavy atom. The van der Waals surface area contributed by atoms with E-state index in [1.54, 1.807) is 49.7 Å². The van der Waals surface area contributed by atoms with E-state index < -0.39 is 15.9 Å². The van der Waals surface area contributed by atoms with Gasteiger partial charge < -0.3 is 4.74 Å². The van der Waals surface area contributed by atoms with Crippen LogP contribution in [0.5, 0.6) is 5.75 Å². The summed E-state index contributed by atoms with van der Waals surface area (Å²) in [6.07, 6.45) is 1.54. The summed E-state index contributed by atoms with van der Waals surface area (Å²) in [7, 11) is -2.10. The molecule has 0 fully saturated rings. The number of aromatic nitrogens is 3. The maximum atomic E-state index is 12.3. The Labute approximate surface area is 167 Å². The molecular weight excluding hydrogens is 398 g/mol. The van der Waals surface area contributed by atoms with Crippen LogP contribution in [-0.2, 0) is 22.4 Å². The molecule has 0 aliphatic rings. The van der Waals surface area contributed by atoms with Gasteiger partial charge in [-0.2, -0.15) is 0 Å². The van der Waals surface area contributed by atoms with Gasteiger partial charge in [-0.15, -0.1) is 5.10 Å². The van der Waals surface area contributed by atoms with Crippen molar-refractivity contribution >= 4 is 15.9 Å². The highest BCUT2D eigenvalue weighted by molar-refractivity contribution is 7.88. The summed E-state index contributed by atoms with van der Waals surface area (Å²) in [5.41, 5.74) is 3.77. The summed E-state index contributed by atoms with van der Waals surface area (Å²) in [6, 6.07) is 13.3. The summed E-state index contributed by atoms with van der Waals surface area (Å²) < 4.78 is 33.4. The monoisotopic (exact) mass is 417 g/mol. The Balaban J connectivity index is 1.60. The number of sulfonamides is 1. The number of hydrogen-bond donors (Lipinski definition) is 3. The van der Waals surface area contributed by atoms with Crippen molar-refractivity contribution in [1.29, 1.82) is 0 Å². The number of methoxy groups -OCH3 is 1. The van der Waals surface area contributed by atoms with E-state index in [0.29, 0.717) is 17.0 Å². The number of benzene rings is 2. The number of ether oxygens (including phenoxy) is 1. The minimum absolute atomic E-state index is 0.0450. The maximum Gasteiger partial charge on any atom is 0.274 e. The van der Waals surface area contributed by atoms with E-state index in [1.807, 2.05) is 0 Å². The van der Waals surface area contributed by atoms with E-state index in [1.165, 1.54) is 22.3 Å². The molecular formula is C18H19N5O5S. The number of amides is 1. The Morgan fingerprint density at radius 2 is 1.83 bits per heavy atom. The van der Waals surface area contributed by atoms with Gasteiger partial charge in [0.15, 0.2) is 5.88 Å². The second kappa shape index (κ2) is 8.82. The van der Waals surface area contributed by atoms with E-state index in [2.05, 4.69) is 15.0 Å². The highest BCUT2D eigenvalue weighted by Gasteiger charge is 2.14. The fourth-order valence-electron chi connectivity index (χ4n) is 2.51. The molecule has 1 heterocycles. The molecule has 0 unspecified atom stereocenters. The predicted octanol–water partition coefficient (Wildman–Crippen LogP) is 1.15. The van der Waals surface area contributed by atoms with Crippen molar-refractivity contribution in [2.45, 2.75) is 12.4 Å². The zero-order chi connectivity index (χ0) is 20.9. The second-order valence-electron chi connectivity index (χ2n) is 6.07. The molecule has 0 saturated carbocycles. The van der Waals surface area contributed by atoms with Crippen LogP contribution in [-0.4, -0.2) is 41.6 Å². The lowest BCUT2D eigenvalue weighted by Gasteiger charge is -2.07. The molecule has 0 spiro atoms. The molecule has 1 aromatic heterocycles. The first kappa shape index (κ1) is 20.5. The van der Waals surface area contributed by atoms with Gasteiger partial charge in [0.25, 0.3) is 5.91 Å². The van der Waals surface area contributed by atoms with Crippen molar-refractivity contribution in [1.82, 2.24) is 25.2 Å². The topological polar surface area (TPSA) is 135 Å². The maximum absolute atomic E-state index is 12.3. The quantitative estimate of drug-likeness (QED) is 0.369. The lowest BCUT2D eigenvalue weighted by atomic mass is 10.1. The zero-order valence-corrected chi connectivity index (χ0v) is 16.3. The molecule has 0 saturated heterocycles. The molecule has 3 N–H and O–H groups in total. The Hall–Kier alpha value is -3.28. The molecule has 29 heavy (non-hydrogen) atoms. The van der Waals surface area contributed by atoms with Gasteiger partial charge >= 0.3 is 0 Å². The molecule has 1 amide bonds. The number of hydroxylamine groups is 1. The van der Waals surface area contributed by atoms with E-state index >= 15 is 0 Å². The van der Waals surface area contributed by atoms with Gasteiger partial charge in [-0.1, -0.05) is 17.3 Å². The van der Waals surface area contributed by atoms with Gasteiger partial charge in [0.1, 0.15) is 11.4 Å². The molecule has 3 aromatic rings. The number of nitrogens with one attached hydrogen (secondary N) is 2. The van der Waals surface area contributed by atoms with Crippen molar-refractivity contribution in [2.75, 3.05) is 7.11 Å². The first-order chi connectivity index (χ1) is 13.9. The minimum Gasteiger partial charge on any atom is -0.497 e. The van der Waals surface area contributed by atoms with Crippen LogP contribution in [0.25, 0.3) is 11.3 Å². The smallest absolute Gasteiger partial charge is 0.274 e. The van der Waals surface area contributed by atoms with Gasteiger partial charge in [0.05, 0.1) is 13.3 Å². The van der Waals surface area contributed by atoms with Crippen molar-refractivity contribution in [3.8, 4) is 17.0 Å². The first-order valence-corrected chi connectivity index (χ1v) is 10.1. The SMILES string of the molecule is COc1ccc(-c2cn(CS(=O)(=O)NCc3ccc(C(=O)NO)cc3)nn2)cc1. The summed E-state index contributed by atoms with van der Waals surface area (Å²) in [6.45, 7) is 0.0450. The van der Waals surface area contributed by atoms with Gasteiger partial charge in [0, 0.05) is 17.7 Å². The Morgan fingerprint density at radius 3 is 2.45 bits per heavy atom. The molecule has 0 aliphatic carbocycles. The van der Waals surface area contributed by atoms with Crippen LogP contribution < -0.4 is 14.9 Å². The van der Waals surface area contributed by atoms with E-state index in [4.69, 9.17) is 9.94 Å². The molecule has 0 atom stereocenters. The highest BCUT2D eigenvalue weighted by atomic mass is 32.2. The van der Waals surface area contributed by atoms with Crippen LogP contribution in [0.4, 0.5) is 0 Å². The van der Waals surface area contributed by atoms with Crippen LogP contribution in [0, 0.1) is 0 Å². The highest BCUT2D eigenvalue weighted by Crippen LogP contribution is 2.20. The van der Waals surface area contributed by atoms with Gasteiger partial charge in [0.2, 0.25) is 10.0 Å². The largest absolute Gasteiger partial charge is 0.497 e. The molecule has 2 aromatic carbocycles. The lowest BCUT2D eigenvalue weighted by molar-refractivity contribution is 0.0706. The van der Waals surface area contributed by atoms with Gasteiger partial charge in [-0.25, -0.2) is 23.3 Å². The molecule has 0 bridgehead atoms. The average Bonchev–Trinajstić information content (AvgIpc) is 3.20.